The maximum Gasteiger partial charge on any atom is 0.0203 e. The molecule has 0 aliphatic rings. The van der Waals surface area contributed by atoms with Gasteiger partial charge in [-0.15, -0.1) is 0 Å². The molecule has 0 fully saturated rings. The lowest BCUT2D eigenvalue weighted by molar-refractivity contribution is 0.679. The van der Waals surface area contributed by atoms with E-state index < -0.39 is 0 Å². The largest absolute Gasteiger partial charge is 0.329 e. The maximum absolute atomic E-state index is 5.83. The van der Waals surface area contributed by atoms with E-state index in [4.69, 9.17) is 11.5 Å². The van der Waals surface area contributed by atoms with Crippen molar-refractivity contribution in [2.75, 3.05) is 6.54 Å². The zero-order valence-corrected chi connectivity index (χ0v) is 9.84. The van der Waals surface area contributed by atoms with Crippen molar-refractivity contribution >= 4 is 0 Å². The minimum absolute atomic E-state index is 0.0533. The Labute approximate surface area is 102 Å². The van der Waals surface area contributed by atoms with Crippen LogP contribution in [0.3, 0.4) is 0 Å². The van der Waals surface area contributed by atoms with Gasteiger partial charge in [0.2, 0.25) is 0 Å². The first-order valence-electron chi connectivity index (χ1n) is 5.89. The van der Waals surface area contributed by atoms with E-state index in [1.165, 1.54) is 16.7 Å². The van der Waals surface area contributed by atoms with Gasteiger partial charge in [-0.2, -0.15) is 0 Å². The van der Waals surface area contributed by atoms with Crippen LogP contribution in [-0.4, -0.2) is 12.6 Å². The molecule has 0 aromatic heterocycles. The summed E-state index contributed by atoms with van der Waals surface area (Å²) in [6, 6.07) is 18.9. The van der Waals surface area contributed by atoms with Gasteiger partial charge in [-0.25, -0.2) is 0 Å². The SMILES string of the molecule is NC[C@@H](N)Cc1ccc(-c2ccccc2)cc1. The van der Waals surface area contributed by atoms with Crippen LogP contribution < -0.4 is 11.5 Å². The minimum Gasteiger partial charge on any atom is -0.329 e. The number of benzene rings is 2. The molecule has 2 heteroatoms. The molecule has 0 bridgehead atoms. The van der Waals surface area contributed by atoms with Gasteiger partial charge >= 0.3 is 0 Å². The summed E-state index contributed by atoms with van der Waals surface area (Å²) in [5.41, 5.74) is 15.1. The van der Waals surface area contributed by atoms with Crippen LogP contribution in [0.15, 0.2) is 54.6 Å². The highest BCUT2D eigenvalue weighted by atomic mass is 14.7. The van der Waals surface area contributed by atoms with Crippen molar-refractivity contribution in [1.82, 2.24) is 0 Å². The Balaban J connectivity index is 2.13. The average Bonchev–Trinajstić information content (AvgIpc) is 2.40. The van der Waals surface area contributed by atoms with Gasteiger partial charge < -0.3 is 11.5 Å². The number of hydrogen-bond acceptors (Lipinski definition) is 2. The molecule has 2 nitrogen and oxygen atoms in total. The van der Waals surface area contributed by atoms with E-state index in [1.54, 1.807) is 0 Å². The van der Waals surface area contributed by atoms with Crippen LogP contribution in [0.25, 0.3) is 11.1 Å². The van der Waals surface area contributed by atoms with Gasteiger partial charge in [0.05, 0.1) is 0 Å². The fraction of sp³-hybridized carbons (Fsp3) is 0.200. The fourth-order valence-electron chi connectivity index (χ4n) is 1.85. The summed E-state index contributed by atoms with van der Waals surface area (Å²) in [6.45, 7) is 0.528. The Morgan fingerprint density at radius 3 is 2.00 bits per heavy atom. The van der Waals surface area contributed by atoms with Crippen molar-refractivity contribution in [2.24, 2.45) is 11.5 Å². The third kappa shape index (κ3) is 3.16. The zero-order valence-electron chi connectivity index (χ0n) is 9.84. The molecule has 88 valence electrons. The van der Waals surface area contributed by atoms with Crippen LogP contribution in [0.1, 0.15) is 5.56 Å². The van der Waals surface area contributed by atoms with Crippen molar-refractivity contribution in [1.29, 1.82) is 0 Å². The predicted molar refractivity (Wildman–Crippen MR) is 72.6 cm³/mol. The fourth-order valence-corrected chi connectivity index (χ4v) is 1.85. The number of nitrogens with two attached hydrogens (primary N) is 2. The Morgan fingerprint density at radius 1 is 0.824 bits per heavy atom. The lowest BCUT2D eigenvalue weighted by atomic mass is 10.0. The average molecular weight is 226 g/mol. The van der Waals surface area contributed by atoms with Gasteiger partial charge in [-0.3, -0.25) is 0 Å². The third-order valence-electron chi connectivity index (χ3n) is 2.86. The van der Waals surface area contributed by atoms with Crippen LogP contribution in [0.5, 0.6) is 0 Å². The molecule has 0 saturated carbocycles. The normalized spacial score (nSPS) is 12.4. The molecular formula is C15H18N2. The smallest absolute Gasteiger partial charge is 0.0203 e. The molecular weight excluding hydrogens is 208 g/mol. The maximum atomic E-state index is 5.83. The van der Waals surface area contributed by atoms with Crippen LogP contribution in [0.4, 0.5) is 0 Å². The monoisotopic (exact) mass is 226 g/mol. The Bertz CT molecular complexity index is 448. The van der Waals surface area contributed by atoms with Gasteiger partial charge in [0.15, 0.2) is 0 Å². The molecule has 0 amide bonds. The highest BCUT2D eigenvalue weighted by Crippen LogP contribution is 2.19. The van der Waals surface area contributed by atoms with Gasteiger partial charge in [-0.1, -0.05) is 54.6 Å². The quantitative estimate of drug-likeness (QED) is 0.839. The number of hydrogen-bond donors (Lipinski definition) is 2. The standard InChI is InChI=1S/C15H18N2/c16-11-15(17)10-12-6-8-14(9-7-12)13-4-2-1-3-5-13/h1-9,15H,10-11,16-17H2/t15-/m0/s1. The van der Waals surface area contributed by atoms with Gasteiger partial charge in [0.25, 0.3) is 0 Å². The summed E-state index contributed by atoms with van der Waals surface area (Å²) < 4.78 is 0. The Hall–Kier alpha value is -1.64. The first kappa shape index (κ1) is 11.8. The van der Waals surface area contributed by atoms with Crippen molar-refractivity contribution in [3.63, 3.8) is 0 Å². The van der Waals surface area contributed by atoms with E-state index in [-0.39, 0.29) is 6.04 Å². The van der Waals surface area contributed by atoms with Gasteiger partial charge in [-0.05, 0) is 23.1 Å². The molecule has 0 aliphatic carbocycles. The molecule has 2 rings (SSSR count). The molecule has 2 aromatic carbocycles. The Morgan fingerprint density at radius 2 is 1.41 bits per heavy atom. The summed E-state index contributed by atoms with van der Waals surface area (Å²) in [5, 5.41) is 0. The lowest BCUT2D eigenvalue weighted by Gasteiger charge is -2.09. The minimum atomic E-state index is 0.0533. The summed E-state index contributed by atoms with van der Waals surface area (Å²) in [6.07, 6.45) is 0.839. The van der Waals surface area contributed by atoms with Crippen LogP contribution in [0, 0.1) is 0 Å². The second kappa shape index (κ2) is 5.62. The van der Waals surface area contributed by atoms with Crippen molar-refractivity contribution < 1.29 is 0 Å². The second-order valence-corrected chi connectivity index (χ2v) is 4.26. The number of rotatable bonds is 4. The highest BCUT2D eigenvalue weighted by molar-refractivity contribution is 5.63. The van der Waals surface area contributed by atoms with Gasteiger partial charge in [0, 0.05) is 12.6 Å². The van der Waals surface area contributed by atoms with E-state index in [0.29, 0.717) is 6.54 Å². The van der Waals surface area contributed by atoms with E-state index in [2.05, 4.69) is 36.4 Å². The molecule has 17 heavy (non-hydrogen) atoms. The van der Waals surface area contributed by atoms with Crippen LogP contribution in [-0.2, 0) is 6.42 Å². The highest BCUT2D eigenvalue weighted by Gasteiger charge is 2.02. The predicted octanol–water partition coefficient (Wildman–Crippen LogP) is 2.18. The van der Waals surface area contributed by atoms with E-state index in [1.807, 2.05) is 18.2 Å². The molecule has 0 saturated heterocycles. The summed E-state index contributed by atoms with van der Waals surface area (Å²) in [4.78, 5) is 0. The van der Waals surface area contributed by atoms with Crippen molar-refractivity contribution in [3.05, 3.63) is 60.2 Å². The first-order chi connectivity index (χ1) is 8.29. The van der Waals surface area contributed by atoms with E-state index in [0.717, 1.165) is 6.42 Å². The second-order valence-electron chi connectivity index (χ2n) is 4.26. The van der Waals surface area contributed by atoms with Crippen molar-refractivity contribution in [2.45, 2.75) is 12.5 Å². The molecule has 2 aromatic rings. The molecule has 1 atom stereocenters. The third-order valence-corrected chi connectivity index (χ3v) is 2.86. The molecule has 0 aliphatic heterocycles. The van der Waals surface area contributed by atoms with Crippen LogP contribution in [0.2, 0.25) is 0 Å². The van der Waals surface area contributed by atoms with Crippen molar-refractivity contribution in [3.8, 4) is 11.1 Å². The molecule has 0 radical (unpaired) electrons. The van der Waals surface area contributed by atoms with Gasteiger partial charge in [0.1, 0.15) is 0 Å². The van der Waals surface area contributed by atoms with E-state index >= 15 is 0 Å². The summed E-state index contributed by atoms with van der Waals surface area (Å²) in [7, 11) is 0. The molecule has 0 heterocycles. The first-order valence-corrected chi connectivity index (χ1v) is 5.89. The molecule has 0 unspecified atom stereocenters. The zero-order chi connectivity index (χ0) is 12.1. The summed E-state index contributed by atoms with van der Waals surface area (Å²) in [5.74, 6) is 0. The van der Waals surface area contributed by atoms with E-state index in [9.17, 15) is 0 Å². The topological polar surface area (TPSA) is 52.0 Å². The van der Waals surface area contributed by atoms with Crippen LogP contribution >= 0.6 is 0 Å². The molecule has 0 spiro atoms. The summed E-state index contributed by atoms with van der Waals surface area (Å²) >= 11 is 0. The Kier molecular flexibility index (Phi) is 3.91. The molecule has 4 N–H and O–H groups in total. The lowest BCUT2D eigenvalue weighted by Crippen LogP contribution is -2.31.